The van der Waals surface area contributed by atoms with Gasteiger partial charge >= 0.3 is 41.5 Å². The van der Waals surface area contributed by atoms with Gasteiger partial charge in [0.1, 0.15) is 33.1 Å². The third-order valence-corrected chi connectivity index (χ3v) is 11.9. The second-order valence-electron chi connectivity index (χ2n) is 12.3. The van der Waals surface area contributed by atoms with E-state index in [0.717, 1.165) is 0 Å². The molecular formula is C41H21Br4NaO10. The maximum absolute atomic E-state index is 12.5. The number of phenolic OH excluding ortho intramolecular Hbond substituents is 2. The molecule has 0 aromatic heterocycles. The van der Waals surface area contributed by atoms with Crippen molar-refractivity contribution in [2.75, 3.05) is 7.11 Å². The fourth-order valence-corrected chi connectivity index (χ4v) is 9.32. The van der Waals surface area contributed by atoms with Crippen molar-refractivity contribution >= 4 is 86.6 Å². The predicted molar refractivity (Wildman–Crippen MR) is 214 cm³/mol. The second kappa shape index (κ2) is 15.3. The number of rotatable bonds is 2. The van der Waals surface area contributed by atoms with Crippen LogP contribution in [0.5, 0.6) is 28.7 Å². The zero-order chi connectivity index (χ0) is 38.9. The number of fused-ring (bicyclic) bond motifs is 8. The van der Waals surface area contributed by atoms with Crippen LogP contribution < -0.4 is 44.8 Å². The number of esters is 2. The largest absolute Gasteiger partial charge is 1.00 e. The van der Waals surface area contributed by atoms with Crippen molar-refractivity contribution in [2.24, 2.45) is 0 Å². The molecule has 5 aromatic carbocycles. The molecule has 0 saturated carbocycles. The topological polar surface area (TPSA) is 156 Å². The molecule has 2 N–H and O–H groups in total. The number of benzene rings is 6. The zero-order valence-corrected chi connectivity index (χ0v) is 37.3. The van der Waals surface area contributed by atoms with Crippen molar-refractivity contribution in [3.8, 4) is 51.2 Å². The van der Waals surface area contributed by atoms with Gasteiger partial charge in [0.2, 0.25) is 5.43 Å². The van der Waals surface area contributed by atoms with Crippen LogP contribution in [0.1, 0.15) is 37.4 Å². The summed E-state index contributed by atoms with van der Waals surface area (Å²) in [5.41, 5.74) is 3.35. The molecule has 274 valence electrons. The Labute approximate surface area is 373 Å². The third-order valence-electron chi connectivity index (χ3n) is 9.29. The Kier molecular flexibility index (Phi) is 11.0. The maximum Gasteiger partial charge on any atom is 1.00 e. The van der Waals surface area contributed by atoms with Crippen molar-refractivity contribution in [3.63, 3.8) is 0 Å². The SMILES string of the molecule is COC(=O)c1ccccc1-c1c2cc(Br)c(=O)c(Br)c-2oc2c(Br)c([O-])c(Br)cc12.O=C1OC2(c3ccc(O)cc3Oc3cc(O)ccc32)c2ccccc21.[Na+]. The van der Waals surface area contributed by atoms with Gasteiger partial charge in [-0.25, -0.2) is 9.59 Å². The molecule has 0 saturated heterocycles. The molecule has 4 aliphatic rings. The van der Waals surface area contributed by atoms with Crippen molar-refractivity contribution in [1.82, 2.24) is 0 Å². The molecule has 5 aromatic rings. The average Bonchev–Trinajstić information content (AvgIpc) is 3.47. The molecule has 0 radical (unpaired) electrons. The van der Waals surface area contributed by atoms with E-state index in [2.05, 4.69) is 63.7 Å². The van der Waals surface area contributed by atoms with Crippen LogP contribution in [0.3, 0.4) is 0 Å². The summed E-state index contributed by atoms with van der Waals surface area (Å²) in [4.78, 5) is 37.5. The molecule has 3 heterocycles. The van der Waals surface area contributed by atoms with E-state index in [1.54, 1.807) is 60.7 Å². The molecule has 0 amide bonds. The van der Waals surface area contributed by atoms with E-state index in [9.17, 15) is 29.7 Å². The molecule has 15 heteroatoms. The Morgan fingerprint density at radius 2 is 1.34 bits per heavy atom. The number of hydrogen-bond donors (Lipinski definition) is 2. The number of halogens is 4. The van der Waals surface area contributed by atoms with Gasteiger partial charge in [0.15, 0.2) is 11.4 Å². The van der Waals surface area contributed by atoms with Crippen LogP contribution >= 0.6 is 63.7 Å². The summed E-state index contributed by atoms with van der Waals surface area (Å²) < 4.78 is 23.8. The second-order valence-corrected chi connectivity index (χ2v) is 15.6. The van der Waals surface area contributed by atoms with Crippen molar-refractivity contribution < 1.29 is 73.1 Å². The minimum absolute atomic E-state index is 0. The number of carbonyl (C=O) groups is 2. The standard InChI is InChI=1S/C21H10Br4O5.C20H12O5.Na/c1-29-21(28)9-5-3-2-4-8(9)14-10-6-12(22)17(26)15(24)19(10)30-20-11(14)7-13(23)18(27)16(20)25;21-11-5-7-15-17(9-11)24-18-10-12(22)6-8-16(18)20(15)14-4-2-1-3-13(14)19(23)25-20;/h2-7,26H,1H3;1-10,21-22H;/q;;+1/p-1. The van der Waals surface area contributed by atoms with Crippen LogP contribution in [0.15, 0.2) is 124 Å². The van der Waals surface area contributed by atoms with E-state index in [1.165, 1.54) is 31.4 Å². The van der Waals surface area contributed by atoms with Gasteiger partial charge in [0.05, 0.1) is 27.2 Å². The molecule has 0 fully saturated rings. The normalized spacial score (nSPS) is 13.1. The Balaban J connectivity index is 0.000000171. The van der Waals surface area contributed by atoms with Crippen molar-refractivity contribution in [3.05, 3.63) is 153 Å². The molecule has 0 bridgehead atoms. The fourth-order valence-electron chi connectivity index (χ4n) is 6.92. The van der Waals surface area contributed by atoms with Gasteiger partial charge in [-0.05, 0) is 102 Å². The van der Waals surface area contributed by atoms with E-state index in [-0.39, 0.29) is 72.5 Å². The van der Waals surface area contributed by atoms with Gasteiger partial charge in [0.25, 0.3) is 0 Å². The average molecular weight is 1020 g/mol. The van der Waals surface area contributed by atoms with E-state index in [0.29, 0.717) is 70.3 Å². The summed E-state index contributed by atoms with van der Waals surface area (Å²) in [5.74, 6) is -0.142. The van der Waals surface area contributed by atoms with Crippen LogP contribution in [0.25, 0.3) is 33.4 Å². The monoisotopic (exact) mass is 1010 g/mol. The number of phenols is 2. The molecule has 0 unspecified atom stereocenters. The zero-order valence-electron chi connectivity index (χ0n) is 28.9. The minimum Gasteiger partial charge on any atom is -0.871 e. The number of hydrogen-bond acceptors (Lipinski definition) is 10. The summed E-state index contributed by atoms with van der Waals surface area (Å²) >= 11 is 13.2. The van der Waals surface area contributed by atoms with E-state index in [1.807, 2.05) is 12.1 Å². The van der Waals surface area contributed by atoms with Crippen LogP contribution in [0.4, 0.5) is 0 Å². The van der Waals surface area contributed by atoms with Crippen LogP contribution in [-0.2, 0) is 15.1 Å². The summed E-state index contributed by atoms with van der Waals surface area (Å²) in [6, 6.07) is 26.8. The van der Waals surface area contributed by atoms with Crippen LogP contribution in [-0.4, -0.2) is 29.3 Å². The maximum atomic E-state index is 12.5. The van der Waals surface area contributed by atoms with Crippen LogP contribution in [0.2, 0.25) is 0 Å². The van der Waals surface area contributed by atoms with Gasteiger partial charge in [0, 0.05) is 49.8 Å². The minimum atomic E-state index is -1.17. The Hall–Kier alpha value is -4.15. The first kappa shape index (κ1) is 40.1. The number of methoxy groups -OCH3 is 1. The molecule has 1 aliphatic carbocycles. The summed E-state index contributed by atoms with van der Waals surface area (Å²) in [5, 5.41) is 32.7. The number of carbonyl (C=O) groups excluding carboxylic acids is 2. The number of ether oxygens (including phenoxy) is 3. The molecule has 1 spiro atoms. The third kappa shape index (κ3) is 6.35. The predicted octanol–water partition coefficient (Wildman–Crippen LogP) is 7.14. The molecule has 56 heavy (non-hydrogen) atoms. The van der Waals surface area contributed by atoms with Gasteiger partial charge in [-0.15, -0.1) is 0 Å². The first-order valence-corrected chi connectivity index (χ1v) is 19.3. The fraction of sp³-hybridized carbons (Fsp3) is 0.0488. The Morgan fingerprint density at radius 1 is 0.732 bits per heavy atom. The van der Waals surface area contributed by atoms with E-state index >= 15 is 0 Å². The quantitative estimate of drug-likeness (QED) is 0.104. The van der Waals surface area contributed by atoms with E-state index < -0.39 is 17.5 Å². The summed E-state index contributed by atoms with van der Waals surface area (Å²) in [6.45, 7) is 0. The van der Waals surface area contributed by atoms with Gasteiger partial charge in [-0.2, -0.15) is 0 Å². The molecule has 0 atom stereocenters. The van der Waals surface area contributed by atoms with Gasteiger partial charge in [-0.3, -0.25) is 4.79 Å². The first-order valence-electron chi connectivity index (χ1n) is 16.1. The number of aromatic hydroxyl groups is 2. The Morgan fingerprint density at radius 3 is 1.98 bits per heavy atom. The summed E-state index contributed by atoms with van der Waals surface area (Å²) in [7, 11) is 1.31. The molecule has 3 aliphatic heterocycles. The smallest absolute Gasteiger partial charge is 0.871 e. The van der Waals surface area contributed by atoms with E-state index in [4.69, 9.17) is 18.6 Å². The molecular weight excluding hydrogens is 995 g/mol. The van der Waals surface area contributed by atoms with Gasteiger partial charge in [-0.1, -0.05) is 58.1 Å². The Bertz CT molecular complexity index is 2770. The summed E-state index contributed by atoms with van der Waals surface area (Å²) in [6.07, 6.45) is 0. The van der Waals surface area contributed by atoms with Crippen molar-refractivity contribution in [1.29, 1.82) is 0 Å². The van der Waals surface area contributed by atoms with Gasteiger partial charge < -0.3 is 33.9 Å². The first-order chi connectivity index (χ1) is 26.3. The van der Waals surface area contributed by atoms with Crippen molar-refractivity contribution in [2.45, 2.75) is 5.60 Å². The molecule has 9 rings (SSSR count). The van der Waals surface area contributed by atoms with Crippen LogP contribution in [0, 0.1) is 0 Å². The molecule has 10 nitrogen and oxygen atoms in total.